The number of amides is 3. The van der Waals surface area contributed by atoms with E-state index in [-0.39, 0.29) is 17.9 Å². The van der Waals surface area contributed by atoms with Gasteiger partial charge in [0.05, 0.1) is 0 Å². The predicted octanol–water partition coefficient (Wildman–Crippen LogP) is 2.24. The van der Waals surface area contributed by atoms with Crippen LogP contribution in [0.4, 0.5) is 10.5 Å². The molecule has 0 radical (unpaired) electrons. The number of hydrogen-bond acceptors (Lipinski definition) is 5. The van der Waals surface area contributed by atoms with Gasteiger partial charge in [-0.2, -0.15) is 4.98 Å². The molecule has 2 aromatic rings. The predicted molar refractivity (Wildman–Crippen MR) is 98.8 cm³/mol. The van der Waals surface area contributed by atoms with Crippen LogP contribution in [0.15, 0.2) is 22.7 Å². The van der Waals surface area contributed by atoms with Crippen LogP contribution in [-0.2, 0) is 0 Å². The fraction of sp³-hybridized carbons (Fsp3) is 0.474. The van der Waals surface area contributed by atoms with E-state index in [1.165, 1.54) is 0 Å². The third-order valence-electron chi connectivity index (χ3n) is 5.22. The van der Waals surface area contributed by atoms with Gasteiger partial charge in [0, 0.05) is 50.3 Å². The van der Waals surface area contributed by atoms with Crippen molar-refractivity contribution in [2.75, 3.05) is 31.1 Å². The fourth-order valence-electron chi connectivity index (χ4n) is 3.77. The Morgan fingerprint density at radius 3 is 2.85 bits per heavy atom. The summed E-state index contributed by atoms with van der Waals surface area (Å²) in [7, 11) is 0. The second kappa shape index (κ2) is 7.02. The number of rotatable bonds is 3. The first kappa shape index (κ1) is 17.5. The summed E-state index contributed by atoms with van der Waals surface area (Å²) in [5, 5.41) is 6.82. The van der Waals surface area contributed by atoms with Crippen LogP contribution in [0.2, 0.25) is 0 Å². The van der Waals surface area contributed by atoms with Crippen molar-refractivity contribution in [1.82, 2.24) is 20.4 Å². The van der Waals surface area contributed by atoms with Crippen molar-refractivity contribution >= 4 is 17.6 Å². The maximum absolute atomic E-state index is 13.1. The van der Waals surface area contributed by atoms with Crippen LogP contribution in [-0.4, -0.2) is 53.2 Å². The molecule has 0 spiro atoms. The number of aromatic nitrogens is 2. The highest BCUT2D eigenvalue weighted by molar-refractivity contribution is 5.99. The van der Waals surface area contributed by atoms with Crippen LogP contribution >= 0.6 is 0 Å². The molecule has 2 aliphatic heterocycles. The molecule has 3 heterocycles. The second-order valence-corrected chi connectivity index (χ2v) is 7.15. The number of carbonyl (C=O) groups excluding carboxylic acids is 2. The topological polar surface area (TPSA) is 91.6 Å². The lowest BCUT2D eigenvalue weighted by Crippen LogP contribution is -2.39. The van der Waals surface area contributed by atoms with Crippen LogP contribution in [0.3, 0.4) is 0 Å². The molecular formula is C19H23N5O3. The molecule has 27 heavy (non-hydrogen) atoms. The summed E-state index contributed by atoms with van der Waals surface area (Å²) < 4.78 is 5.09. The van der Waals surface area contributed by atoms with Crippen molar-refractivity contribution in [2.45, 2.75) is 32.6 Å². The lowest BCUT2D eigenvalue weighted by atomic mass is 9.96. The molecule has 8 heteroatoms. The molecule has 0 unspecified atom stereocenters. The van der Waals surface area contributed by atoms with E-state index in [2.05, 4.69) is 15.5 Å². The van der Waals surface area contributed by atoms with Crippen molar-refractivity contribution in [3.63, 3.8) is 0 Å². The Labute approximate surface area is 157 Å². The third-order valence-corrected chi connectivity index (χ3v) is 5.22. The Bertz CT molecular complexity index is 878. The molecule has 8 nitrogen and oxygen atoms in total. The first-order valence-corrected chi connectivity index (χ1v) is 9.28. The van der Waals surface area contributed by atoms with Gasteiger partial charge in [-0.3, -0.25) is 9.69 Å². The first-order chi connectivity index (χ1) is 13.0. The standard InChI is InChI=1S/C19H23N5O3/c1-12-5-6-14(10-16(12)24-9-7-20-19(24)26)18(25)23-8-3-4-15(11-23)17-21-13(2)27-22-17/h5-6,10,15H,3-4,7-9,11H2,1-2H3,(H,20,26)/t15-/m1/s1. The van der Waals surface area contributed by atoms with Crippen LogP contribution in [0.25, 0.3) is 0 Å². The molecule has 1 aromatic heterocycles. The van der Waals surface area contributed by atoms with E-state index in [0.29, 0.717) is 43.5 Å². The van der Waals surface area contributed by atoms with Crippen molar-refractivity contribution in [3.8, 4) is 0 Å². The highest BCUT2D eigenvalue weighted by atomic mass is 16.5. The second-order valence-electron chi connectivity index (χ2n) is 7.15. The largest absolute Gasteiger partial charge is 0.340 e. The smallest absolute Gasteiger partial charge is 0.322 e. The average Bonchev–Trinajstić information content (AvgIpc) is 3.30. The first-order valence-electron chi connectivity index (χ1n) is 9.28. The molecule has 0 aliphatic carbocycles. The Morgan fingerprint density at radius 1 is 1.30 bits per heavy atom. The number of nitrogens with one attached hydrogen (secondary N) is 1. The summed E-state index contributed by atoms with van der Waals surface area (Å²) in [5.41, 5.74) is 2.36. The van der Waals surface area contributed by atoms with E-state index in [0.717, 1.165) is 24.1 Å². The molecule has 2 aliphatic rings. The van der Waals surface area contributed by atoms with E-state index in [9.17, 15) is 9.59 Å². The zero-order valence-electron chi connectivity index (χ0n) is 15.6. The van der Waals surface area contributed by atoms with Crippen LogP contribution in [0, 0.1) is 13.8 Å². The molecule has 0 bridgehead atoms. The molecule has 1 aromatic carbocycles. The number of likely N-dealkylation sites (tertiary alicyclic amines) is 1. The van der Waals surface area contributed by atoms with Gasteiger partial charge >= 0.3 is 6.03 Å². The highest BCUT2D eigenvalue weighted by Crippen LogP contribution is 2.28. The van der Waals surface area contributed by atoms with Gasteiger partial charge in [0.15, 0.2) is 5.82 Å². The van der Waals surface area contributed by atoms with Gasteiger partial charge in [0.2, 0.25) is 5.89 Å². The molecule has 1 atom stereocenters. The van der Waals surface area contributed by atoms with Crippen molar-refractivity contribution in [2.24, 2.45) is 0 Å². The minimum absolute atomic E-state index is 0.0271. The van der Waals surface area contributed by atoms with E-state index in [1.807, 2.05) is 30.0 Å². The molecule has 4 rings (SSSR count). The number of piperidine rings is 1. The van der Waals surface area contributed by atoms with Gasteiger partial charge in [-0.05, 0) is 37.5 Å². The Balaban J connectivity index is 1.54. The van der Waals surface area contributed by atoms with Crippen LogP contribution in [0.1, 0.15) is 46.4 Å². The Hall–Kier alpha value is -2.90. The van der Waals surface area contributed by atoms with E-state index < -0.39 is 0 Å². The van der Waals surface area contributed by atoms with E-state index >= 15 is 0 Å². The monoisotopic (exact) mass is 369 g/mol. The van der Waals surface area contributed by atoms with Gasteiger partial charge in [-0.25, -0.2) is 4.79 Å². The number of hydrogen-bond donors (Lipinski definition) is 1. The van der Waals surface area contributed by atoms with Crippen molar-refractivity contribution < 1.29 is 14.1 Å². The number of urea groups is 1. The number of benzene rings is 1. The third kappa shape index (κ3) is 3.39. The SMILES string of the molecule is Cc1nc([C@@H]2CCCN(C(=O)c3ccc(C)c(N4CCNC4=O)c3)C2)no1. The summed E-state index contributed by atoms with van der Waals surface area (Å²) in [4.78, 5) is 32.9. The van der Waals surface area contributed by atoms with Gasteiger partial charge in [0.25, 0.3) is 5.91 Å². The van der Waals surface area contributed by atoms with Gasteiger partial charge < -0.3 is 14.7 Å². The molecule has 1 N–H and O–H groups in total. The average molecular weight is 369 g/mol. The summed E-state index contributed by atoms with van der Waals surface area (Å²) in [6.45, 7) is 6.23. The number of carbonyl (C=O) groups is 2. The highest BCUT2D eigenvalue weighted by Gasteiger charge is 2.29. The van der Waals surface area contributed by atoms with E-state index in [1.54, 1.807) is 11.8 Å². The maximum atomic E-state index is 13.1. The minimum Gasteiger partial charge on any atom is -0.340 e. The molecule has 3 amide bonds. The number of nitrogens with zero attached hydrogens (tertiary/aromatic N) is 4. The quantitative estimate of drug-likeness (QED) is 0.896. The normalized spacial score (nSPS) is 20.1. The van der Waals surface area contributed by atoms with Crippen molar-refractivity contribution in [3.05, 3.63) is 41.0 Å². The minimum atomic E-state index is -0.117. The summed E-state index contributed by atoms with van der Waals surface area (Å²) >= 11 is 0. The van der Waals surface area contributed by atoms with Gasteiger partial charge in [0.1, 0.15) is 0 Å². The summed E-state index contributed by atoms with van der Waals surface area (Å²) in [5.74, 6) is 1.28. The van der Waals surface area contributed by atoms with Gasteiger partial charge in [-0.15, -0.1) is 0 Å². The number of anilines is 1. The summed E-state index contributed by atoms with van der Waals surface area (Å²) in [6, 6.07) is 5.44. The Morgan fingerprint density at radius 2 is 2.15 bits per heavy atom. The summed E-state index contributed by atoms with van der Waals surface area (Å²) in [6.07, 6.45) is 1.84. The fourth-order valence-corrected chi connectivity index (χ4v) is 3.77. The lowest BCUT2D eigenvalue weighted by Gasteiger charge is -2.31. The van der Waals surface area contributed by atoms with Crippen LogP contribution in [0.5, 0.6) is 0 Å². The van der Waals surface area contributed by atoms with Crippen LogP contribution < -0.4 is 10.2 Å². The lowest BCUT2D eigenvalue weighted by molar-refractivity contribution is 0.0703. The number of aryl methyl sites for hydroxylation is 2. The van der Waals surface area contributed by atoms with Gasteiger partial charge in [-0.1, -0.05) is 11.2 Å². The molecule has 0 saturated carbocycles. The molecule has 142 valence electrons. The maximum Gasteiger partial charge on any atom is 0.322 e. The zero-order chi connectivity index (χ0) is 19.0. The Kier molecular flexibility index (Phi) is 4.55. The molecular weight excluding hydrogens is 346 g/mol. The molecule has 2 fully saturated rings. The van der Waals surface area contributed by atoms with E-state index in [4.69, 9.17) is 4.52 Å². The van der Waals surface area contributed by atoms with Crippen molar-refractivity contribution in [1.29, 1.82) is 0 Å². The zero-order valence-corrected chi connectivity index (χ0v) is 15.6. The molecule has 2 saturated heterocycles.